The van der Waals surface area contributed by atoms with Gasteiger partial charge in [-0.1, -0.05) is 28.1 Å². The molecule has 0 aliphatic rings. The SMILES string of the molecule is Cl.N[C@H](CCO)Cc1ccc(Br)cc1. The number of aliphatic hydroxyl groups excluding tert-OH is 1. The lowest BCUT2D eigenvalue weighted by Gasteiger charge is -2.09. The molecule has 0 aromatic heterocycles. The zero-order chi connectivity index (χ0) is 9.68. The molecular weight excluding hydrogens is 265 g/mol. The summed E-state index contributed by atoms with van der Waals surface area (Å²) in [5.41, 5.74) is 6.99. The van der Waals surface area contributed by atoms with E-state index in [1.165, 1.54) is 5.56 Å². The van der Waals surface area contributed by atoms with E-state index in [1.807, 2.05) is 24.3 Å². The predicted molar refractivity (Wildman–Crippen MR) is 64.8 cm³/mol. The predicted octanol–water partition coefficient (Wildman–Crippen LogP) is 2.12. The van der Waals surface area contributed by atoms with E-state index in [9.17, 15) is 0 Å². The Balaban J connectivity index is 0.00000169. The number of rotatable bonds is 4. The molecule has 0 fully saturated rings. The van der Waals surface area contributed by atoms with Gasteiger partial charge in [0.2, 0.25) is 0 Å². The van der Waals surface area contributed by atoms with Crippen molar-refractivity contribution in [3.63, 3.8) is 0 Å². The van der Waals surface area contributed by atoms with Gasteiger partial charge in [-0.3, -0.25) is 0 Å². The molecule has 0 aliphatic heterocycles. The van der Waals surface area contributed by atoms with Gasteiger partial charge in [-0.15, -0.1) is 12.4 Å². The van der Waals surface area contributed by atoms with Crippen molar-refractivity contribution in [2.24, 2.45) is 5.73 Å². The fourth-order valence-electron chi connectivity index (χ4n) is 1.19. The molecule has 0 amide bonds. The van der Waals surface area contributed by atoms with Crippen molar-refractivity contribution in [2.45, 2.75) is 18.9 Å². The Morgan fingerprint density at radius 1 is 1.29 bits per heavy atom. The molecule has 14 heavy (non-hydrogen) atoms. The van der Waals surface area contributed by atoms with Crippen molar-refractivity contribution in [3.8, 4) is 0 Å². The van der Waals surface area contributed by atoms with Crippen LogP contribution in [-0.2, 0) is 6.42 Å². The van der Waals surface area contributed by atoms with Gasteiger partial charge in [0.15, 0.2) is 0 Å². The average Bonchev–Trinajstić information content (AvgIpc) is 2.09. The second kappa shape index (κ2) is 7.23. The molecule has 80 valence electrons. The van der Waals surface area contributed by atoms with Gasteiger partial charge in [0.25, 0.3) is 0 Å². The van der Waals surface area contributed by atoms with Crippen molar-refractivity contribution < 1.29 is 5.11 Å². The monoisotopic (exact) mass is 279 g/mol. The van der Waals surface area contributed by atoms with Crippen LogP contribution in [0.1, 0.15) is 12.0 Å². The van der Waals surface area contributed by atoms with Crippen LogP contribution in [0.15, 0.2) is 28.7 Å². The van der Waals surface area contributed by atoms with Gasteiger partial charge in [0.1, 0.15) is 0 Å². The summed E-state index contributed by atoms with van der Waals surface area (Å²) in [4.78, 5) is 0. The Labute approximate surface area is 99.0 Å². The highest BCUT2D eigenvalue weighted by Crippen LogP contribution is 2.11. The summed E-state index contributed by atoms with van der Waals surface area (Å²) in [7, 11) is 0. The van der Waals surface area contributed by atoms with Gasteiger partial charge in [-0.2, -0.15) is 0 Å². The molecule has 0 bridgehead atoms. The molecule has 2 nitrogen and oxygen atoms in total. The van der Waals surface area contributed by atoms with Gasteiger partial charge in [0, 0.05) is 17.1 Å². The Hall–Kier alpha value is -0.0900. The normalized spacial score (nSPS) is 11.9. The maximum atomic E-state index is 8.67. The lowest BCUT2D eigenvalue weighted by atomic mass is 10.0. The van der Waals surface area contributed by atoms with Crippen molar-refractivity contribution >= 4 is 28.3 Å². The smallest absolute Gasteiger partial charge is 0.0445 e. The Bertz CT molecular complexity index is 253. The minimum absolute atomic E-state index is 0. The zero-order valence-electron chi connectivity index (χ0n) is 7.82. The van der Waals surface area contributed by atoms with E-state index in [0.717, 1.165) is 10.9 Å². The molecular formula is C10H15BrClNO. The molecule has 0 spiro atoms. The molecule has 1 atom stereocenters. The summed E-state index contributed by atoms with van der Waals surface area (Å²) >= 11 is 3.37. The highest BCUT2D eigenvalue weighted by Gasteiger charge is 2.02. The van der Waals surface area contributed by atoms with E-state index in [4.69, 9.17) is 10.8 Å². The van der Waals surface area contributed by atoms with Gasteiger partial charge in [0.05, 0.1) is 0 Å². The van der Waals surface area contributed by atoms with Crippen LogP contribution in [0, 0.1) is 0 Å². The van der Waals surface area contributed by atoms with E-state index in [0.29, 0.717) is 6.42 Å². The molecule has 1 aromatic carbocycles. The lowest BCUT2D eigenvalue weighted by molar-refractivity contribution is 0.275. The van der Waals surface area contributed by atoms with Crippen molar-refractivity contribution in [3.05, 3.63) is 34.3 Å². The highest BCUT2D eigenvalue weighted by molar-refractivity contribution is 9.10. The van der Waals surface area contributed by atoms with Gasteiger partial charge in [-0.05, 0) is 30.5 Å². The van der Waals surface area contributed by atoms with Crippen LogP contribution in [0.25, 0.3) is 0 Å². The number of hydrogen-bond donors (Lipinski definition) is 2. The first kappa shape index (κ1) is 13.9. The summed E-state index contributed by atoms with van der Waals surface area (Å²) in [6, 6.07) is 8.15. The van der Waals surface area contributed by atoms with E-state index in [1.54, 1.807) is 0 Å². The first-order valence-corrected chi connectivity index (χ1v) is 5.12. The minimum Gasteiger partial charge on any atom is -0.396 e. The number of halogens is 2. The second-order valence-corrected chi connectivity index (χ2v) is 4.02. The average molecular weight is 281 g/mol. The molecule has 1 aromatic rings. The van der Waals surface area contributed by atoms with Crippen molar-refractivity contribution in [1.29, 1.82) is 0 Å². The van der Waals surface area contributed by atoms with Crippen LogP contribution >= 0.6 is 28.3 Å². The molecule has 0 heterocycles. The summed E-state index contributed by atoms with van der Waals surface area (Å²) in [5.74, 6) is 0. The number of aliphatic hydroxyl groups is 1. The molecule has 1 rings (SSSR count). The summed E-state index contributed by atoms with van der Waals surface area (Å²) < 4.78 is 1.08. The molecule has 0 unspecified atom stereocenters. The Morgan fingerprint density at radius 2 is 1.86 bits per heavy atom. The van der Waals surface area contributed by atoms with Crippen LogP contribution < -0.4 is 5.73 Å². The summed E-state index contributed by atoms with van der Waals surface area (Å²) in [6.07, 6.45) is 1.49. The van der Waals surface area contributed by atoms with Crippen LogP contribution in [0.4, 0.5) is 0 Å². The molecule has 3 N–H and O–H groups in total. The third-order valence-electron chi connectivity index (χ3n) is 1.91. The molecule has 4 heteroatoms. The summed E-state index contributed by atoms with van der Waals surface area (Å²) in [5, 5.41) is 8.67. The third-order valence-corrected chi connectivity index (χ3v) is 2.44. The number of nitrogens with two attached hydrogens (primary N) is 1. The minimum atomic E-state index is 0. The fourth-order valence-corrected chi connectivity index (χ4v) is 1.46. The van der Waals surface area contributed by atoms with Crippen molar-refractivity contribution in [2.75, 3.05) is 6.61 Å². The van der Waals surface area contributed by atoms with Crippen LogP contribution in [0.3, 0.4) is 0 Å². The van der Waals surface area contributed by atoms with Crippen LogP contribution in [-0.4, -0.2) is 17.8 Å². The maximum Gasteiger partial charge on any atom is 0.0445 e. The number of benzene rings is 1. The van der Waals surface area contributed by atoms with E-state index < -0.39 is 0 Å². The van der Waals surface area contributed by atoms with Gasteiger partial charge < -0.3 is 10.8 Å². The summed E-state index contributed by atoms with van der Waals surface area (Å²) in [6.45, 7) is 0.164. The topological polar surface area (TPSA) is 46.2 Å². The van der Waals surface area contributed by atoms with E-state index in [2.05, 4.69) is 15.9 Å². The van der Waals surface area contributed by atoms with Crippen LogP contribution in [0.5, 0.6) is 0 Å². The quantitative estimate of drug-likeness (QED) is 0.887. The van der Waals surface area contributed by atoms with Crippen LogP contribution in [0.2, 0.25) is 0 Å². The third kappa shape index (κ3) is 4.96. The second-order valence-electron chi connectivity index (χ2n) is 3.10. The Kier molecular flexibility index (Phi) is 7.19. The van der Waals surface area contributed by atoms with E-state index in [-0.39, 0.29) is 25.1 Å². The maximum absolute atomic E-state index is 8.67. The highest BCUT2D eigenvalue weighted by atomic mass is 79.9. The zero-order valence-corrected chi connectivity index (χ0v) is 10.2. The largest absolute Gasteiger partial charge is 0.396 e. The standard InChI is InChI=1S/C10H14BrNO.ClH/c11-9-3-1-8(2-4-9)7-10(12)5-6-13;/h1-4,10,13H,5-7,12H2;1H/t10-;/m1./s1. The van der Waals surface area contributed by atoms with Gasteiger partial charge >= 0.3 is 0 Å². The number of hydrogen-bond acceptors (Lipinski definition) is 2. The lowest BCUT2D eigenvalue weighted by Crippen LogP contribution is -2.23. The molecule has 0 saturated carbocycles. The Morgan fingerprint density at radius 3 is 2.36 bits per heavy atom. The fraction of sp³-hybridized carbons (Fsp3) is 0.400. The van der Waals surface area contributed by atoms with Crippen molar-refractivity contribution in [1.82, 2.24) is 0 Å². The first-order chi connectivity index (χ1) is 6.22. The first-order valence-electron chi connectivity index (χ1n) is 4.33. The molecule has 0 radical (unpaired) electrons. The van der Waals surface area contributed by atoms with Gasteiger partial charge in [-0.25, -0.2) is 0 Å². The molecule has 0 aliphatic carbocycles. The van der Waals surface area contributed by atoms with E-state index >= 15 is 0 Å². The molecule has 0 saturated heterocycles.